The molecule has 54 valence electrons. The van der Waals surface area contributed by atoms with Crippen molar-refractivity contribution in [1.82, 2.24) is 15.4 Å². The molecule has 2 N–H and O–H groups in total. The zero-order valence-corrected chi connectivity index (χ0v) is 5.84. The van der Waals surface area contributed by atoms with Crippen molar-refractivity contribution in [2.75, 3.05) is 7.05 Å². The average molecular weight is 141 g/mol. The van der Waals surface area contributed by atoms with Crippen LogP contribution in [0.1, 0.15) is 0 Å². The first kappa shape index (κ1) is 6.92. The summed E-state index contributed by atoms with van der Waals surface area (Å²) in [6.45, 7) is 1.51. The van der Waals surface area contributed by atoms with Gasteiger partial charge in [-0.2, -0.15) is 0 Å². The largest absolute Gasteiger partial charge is 0.376 e. The number of nitrogens with zero attached hydrogens (tertiary/aromatic N) is 1. The minimum Gasteiger partial charge on any atom is -0.361 e. The quantitative estimate of drug-likeness (QED) is 0.445. The molecule has 0 radical (unpaired) electrons. The molecule has 6 heteroatoms. The van der Waals surface area contributed by atoms with Gasteiger partial charge >= 0.3 is 19.0 Å². The molecule has 0 aromatic rings. The number of nitrogens with one attached hydrogen (secondary N) is 2. The molecule has 1 aliphatic heterocycles. The van der Waals surface area contributed by atoms with Gasteiger partial charge in [0.25, 0.3) is 0 Å². The van der Waals surface area contributed by atoms with Crippen molar-refractivity contribution >= 4 is 19.0 Å². The highest BCUT2D eigenvalue weighted by Crippen LogP contribution is 1.92. The summed E-state index contributed by atoms with van der Waals surface area (Å²) in [7, 11) is 1.61. The average Bonchev–Trinajstić information content (AvgIpc) is 1.82. The lowest BCUT2D eigenvalue weighted by Crippen LogP contribution is -2.63. The minimum absolute atomic E-state index is 0.221. The zero-order chi connectivity index (χ0) is 7.72. The Kier molecular flexibility index (Phi) is 1.53. The Morgan fingerprint density at radius 2 is 2.10 bits per heavy atom. The van der Waals surface area contributed by atoms with Crippen LogP contribution in [0.5, 0.6) is 0 Å². The van der Waals surface area contributed by atoms with Crippen LogP contribution in [0.4, 0.5) is 9.59 Å². The third-order valence-electron chi connectivity index (χ3n) is 1.46. The molecule has 1 aliphatic rings. The fourth-order valence-corrected chi connectivity index (χ4v) is 0.684. The lowest BCUT2D eigenvalue weighted by molar-refractivity contribution is 0.215. The Morgan fingerprint density at radius 1 is 1.50 bits per heavy atom. The van der Waals surface area contributed by atoms with Crippen molar-refractivity contribution < 1.29 is 9.59 Å². The molecule has 1 fully saturated rings. The third-order valence-corrected chi connectivity index (χ3v) is 1.46. The van der Waals surface area contributed by atoms with Crippen LogP contribution in [0.2, 0.25) is 6.82 Å². The van der Waals surface area contributed by atoms with Gasteiger partial charge in [0.2, 0.25) is 0 Å². The van der Waals surface area contributed by atoms with Gasteiger partial charge in [-0.1, -0.05) is 0 Å². The summed E-state index contributed by atoms with van der Waals surface area (Å²) < 4.78 is 0. The second-order valence-electron chi connectivity index (χ2n) is 2.19. The summed E-state index contributed by atoms with van der Waals surface area (Å²) in [5.41, 5.74) is 0. The van der Waals surface area contributed by atoms with Crippen LogP contribution >= 0.6 is 0 Å². The molecule has 10 heavy (non-hydrogen) atoms. The first-order valence-corrected chi connectivity index (χ1v) is 2.95. The third kappa shape index (κ3) is 1.05. The number of rotatable bonds is 0. The summed E-state index contributed by atoms with van der Waals surface area (Å²) in [5, 5.41) is 4.61. The molecule has 4 amide bonds. The summed E-state index contributed by atoms with van der Waals surface area (Å²) in [4.78, 5) is 22.7. The highest BCUT2D eigenvalue weighted by Gasteiger charge is 2.28. The fraction of sp³-hybridized carbons (Fsp3) is 0.500. The van der Waals surface area contributed by atoms with E-state index in [9.17, 15) is 9.59 Å². The number of amides is 4. The highest BCUT2D eigenvalue weighted by atomic mass is 16.2. The molecule has 0 bridgehead atoms. The lowest BCUT2D eigenvalue weighted by atomic mass is 9.78. The number of hydrogen-bond donors (Lipinski definition) is 2. The summed E-state index contributed by atoms with van der Waals surface area (Å²) in [5.74, 6) is 0. The topological polar surface area (TPSA) is 61.4 Å². The van der Waals surface area contributed by atoms with Crippen molar-refractivity contribution in [3.05, 3.63) is 0 Å². The molecule has 0 aromatic carbocycles. The van der Waals surface area contributed by atoms with Gasteiger partial charge in [-0.15, -0.1) is 0 Å². The standard InChI is InChI=1S/C4H8BN3O2/c1-5-7-3(9)6-4(10)8(5)2/h1-2H3,(H2,6,7,9,10). The predicted octanol–water partition coefficient (Wildman–Crippen LogP) is -0.531. The fourth-order valence-electron chi connectivity index (χ4n) is 0.684. The second-order valence-corrected chi connectivity index (χ2v) is 2.19. The minimum atomic E-state index is -0.435. The molecule has 1 rings (SSSR count). The van der Waals surface area contributed by atoms with Crippen molar-refractivity contribution in [2.45, 2.75) is 6.82 Å². The van der Waals surface area contributed by atoms with E-state index in [-0.39, 0.29) is 13.0 Å². The Balaban J connectivity index is 2.66. The van der Waals surface area contributed by atoms with E-state index in [1.807, 2.05) is 0 Å². The number of imide groups is 1. The smallest absolute Gasteiger partial charge is 0.361 e. The van der Waals surface area contributed by atoms with Gasteiger partial charge in [0.05, 0.1) is 0 Å². The van der Waals surface area contributed by atoms with Gasteiger partial charge in [0, 0.05) is 0 Å². The van der Waals surface area contributed by atoms with Crippen molar-refractivity contribution in [2.24, 2.45) is 0 Å². The molecule has 0 saturated carbocycles. The van der Waals surface area contributed by atoms with Gasteiger partial charge in [-0.05, 0) is 13.9 Å². The normalized spacial score (nSPS) is 18.6. The number of hydrogen-bond acceptors (Lipinski definition) is 2. The highest BCUT2D eigenvalue weighted by molar-refractivity contribution is 6.59. The molecule has 5 nitrogen and oxygen atoms in total. The van der Waals surface area contributed by atoms with E-state index in [0.717, 1.165) is 0 Å². The molecular weight excluding hydrogens is 133 g/mol. The Bertz CT molecular complexity index is 183. The van der Waals surface area contributed by atoms with Crippen LogP contribution < -0.4 is 10.5 Å². The maximum Gasteiger partial charge on any atom is 0.376 e. The second kappa shape index (κ2) is 2.20. The predicted molar refractivity (Wildman–Crippen MR) is 36.4 cm³/mol. The maximum absolute atomic E-state index is 10.8. The summed E-state index contributed by atoms with van der Waals surface area (Å²) in [6, 6.07) is -0.799. The SMILES string of the molecule is CB1NC(=O)NC(=O)N1C. The van der Waals surface area contributed by atoms with E-state index in [4.69, 9.17) is 0 Å². The van der Waals surface area contributed by atoms with Crippen LogP contribution in [0, 0.1) is 0 Å². The molecule has 0 aliphatic carbocycles. The number of urea groups is 2. The van der Waals surface area contributed by atoms with E-state index in [1.165, 1.54) is 4.81 Å². The first-order chi connectivity index (χ1) is 4.61. The first-order valence-electron chi connectivity index (χ1n) is 2.95. The molecule has 0 unspecified atom stereocenters. The van der Waals surface area contributed by atoms with Crippen LogP contribution in [-0.4, -0.2) is 30.9 Å². The molecule has 0 atom stereocenters. The summed E-state index contributed by atoms with van der Waals surface area (Å²) in [6.07, 6.45) is 0. The summed E-state index contributed by atoms with van der Waals surface area (Å²) >= 11 is 0. The van der Waals surface area contributed by atoms with Gasteiger partial charge < -0.3 is 10.0 Å². The molecule has 1 saturated heterocycles. The number of carbonyl (C=O) groups is 2. The van der Waals surface area contributed by atoms with E-state index in [2.05, 4.69) is 10.5 Å². The maximum atomic E-state index is 10.8. The van der Waals surface area contributed by atoms with E-state index in [0.29, 0.717) is 0 Å². The van der Waals surface area contributed by atoms with Gasteiger partial charge in [0.1, 0.15) is 0 Å². The number of carbonyl (C=O) groups excluding carboxylic acids is 2. The van der Waals surface area contributed by atoms with Gasteiger partial charge in [-0.25, -0.2) is 9.59 Å². The Morgan fingerprint density at radius 3 is 2.60 bits per heavy atom. The van der Waals surface area contributed by atoms with Crippen LogP contribution in [0.3, 0.4) is 0 Å². The monoisotopic (exact) mass is 141 g/mol. The van der Waals surface area contributed by atoms with Crippen molar-refractivity contribution in [3.8, 4) is 0 Å². The molecule has 0 spiro atoms. The molecule has 1 heterocycles. The Labute approximate surface area is 58.9 Å². The van der Waals surface area contributed by atoms with Gasteiger partial charge in [0.15, 0.2) is 0 Å². The van der Waals surface area contributed by atoms with E-state index < -0.39 is 6.03 Å². The van der Waals surface area contributed by atoms with E-state index in [1.54, 1.807) is 13.9 Å². The van der Waals surface area contributed by atoms with Crippen LogP contribution in [-0.2, 0) is 0 Å². The molecular formula is C4H8BN3O2. The Hall–Kier alpha value is -1.20. The van der Waals surface area contributed by atoms with Crippen molar-refractivity contribution in [3.63, 3.8) is 0 Å². The van der Waals surface area contributed by atoms with Gasteiger partial charge in [-0.3, -0.25) is 5.32 Å². The molecule has 0 aromatic heterocycles. The van der Waals surface area contributed by atoms with Crippen molar-refractivity contribution in [1.29, 1.82) is 0 Å². The van der Waals surface area contributed by atoms with E-state index >= 15 is 0 Å². The van der Waals surface area contributed by atoms with Crippen LogP contribution in [0.25, 0.3) is 0 Å². The van der Waals surface area contributed by atoms with Crippen LogP contribution in [0.15, 0.2) is 0 Å². The zero-order valence-electron chi connectivity index (χ0n) is 5.84. The lowest BCUT2D eigenvalue weighted by Gasteiger charge is -2.27.